The Bertz CT molecular complexity index is 653. The van der Waals surface area contributed by atoms with E-state index in [1.807, 2.05) is 6.92 Å². The van der Waals surface area contributed by atoms with Gasteiger partial charge in [0.15, 0.2) is 5.82 Å². The molecule has 1 aromatic carbocycles. The van der Waals surface area contributed by atoms with Crippen LogP contribution in [0.5, 0.6) is 0 Å². The van der Waals surface area contributed by atoms with E-state index in [9.17, 15) is 17.6 Å². The van der Waals surface area contributed by atoms with E-state index < -0.39 is 17.6 Å². The molecular weight excluding hydrogens is 286 g/mol. The third kappa shape index (κ3) is 3.48. The van der Waals surface area contributed by atoms with Crippen molar-refractivity contribution in [2.45, 2.75) is 20.0 Å². The van der Waals surface area contributed by atoms with Gasteiger partial charge in [0.2, 0.25) is 0 Å². The predicted octanol–water partition coefficient (Wildman–Crippen LogP) is 4.04. The van der Waals surface area contributed by atoms with Gasteiger partial charge in [-0.2, -0.15) is 13.2 Å². The summed E-state index contributed by atoms with van der Waals surface area (Å²) in [6.07, 6.45) is -4.60. The number of benzene rings is 1. The maximum absolute atomic E-state index is 13.3. The minimum Gasteiger partial charge on any atom is -0.370 e. The van der Waals surface area contributed by atoms with Crippen molar-refractivity contribution < 1.29 is 17.6 Å². The topological polar surface area (TPSA) is 37.8 Å². The van der Waals surface area contributed by atoms with E-state index in [4.69, 9.17) is 0 Å². The zero-order valence-electron chi connectivity index (χ0n) is 11.4. The van der Waals surface area contributed by atoms with Crippen molar-refractivity contribution in [1.29, 1.82) is 0 Å². The van der Waals surface area contributed by atoms with Crippen molar-refractivity contribution in [3.63, 3.8) is 0 Å². The zero-order chi connectivity index (χ0) is 15.6. The first-order chi connectivity index (χ1) is 9.81. The molecule has 0 amide bonds. The van der Waals surface area contributed by atoms with Gasteiger partial charge in [-0.15, -0.1) is 0 Å². The van der Waals surface area contributed by atoms with Crippen molar-refractivity contribution in [3.8, 4) is 11.4 Å². The number of nitrogens with one attached hydrogen (secondary N) is 1. The first-order valence-electron chi connectivity index (χ1n) is 6.28. The second-order valence-electron chi connectivity index (χ2n) is 4.44. The number of aromatic nitrogens is 2. The van der Waals surface area contributed by atoms with Crippen LogP contribution >= 0.6 is 0 Å². The highest BCUT2D eigenvalue weighted by atomic mass is 19.4. The van der Waals surface area contributed by atoms with Crippen LogP contribution in [0.2, 0.25) is 0 Å². The SMILES string of the molecule is CCNc1cc(C)nc(-c2cc(F)ccc2C(F)(F)F)n1. The third-order valence-electron chi connectivity index (χ3n) is 2.74. The van der Waals surface area contributed by atoms with Gasteiger partial charge >= 0.3 is 6.18 Å². The largest absolute Gasteiger partial charge is 0.417 e. The van der Waals surface area contributed by atoms with Gasteiger partial charge in [0.05, 0.1) is 5.56 Å². The summed E-state index contributed by atoms with van der Waals surface area (Å²) in [5, 5.41) is 2.91. The maximum Gasteiger partial charge on any atom is 0.417 e. The van der Waals surface area contributed by atoms with Crippen molar-refractivity contribution in [1.82, 2.24) is 9.97 Å². The van der Waals surface area contributed by atoms with Crippen LogP contribution in [0.3, 0.4) is 0 Å². The lowest BCUT2D eigenvalue weighted by Crippen LogP contribution is -2.10. The van der Waals surface area contributed by atoms with E-state index in [0.29, 0.717) is 24.1 Å². The van der Waals surface area contributed by atoms with E-state index in [1.54, 1.807) is 13.0 Å². The van der Waals surface area contributed by atoms with E-state index in [-0.39, 0.29) is 11.4 Å². The summed E-state index contributed by atoms with van der Waals surface area (Å²) >= 11 is 0. The molecule has 3 nitrogen and oxygen atoms in total. The lowest BCUT2D eigenvalue weighted by atomic mass is 10.1. The Morgan fingerprint density at radius 2 is 1.86 bits per heavy atom. The Hall–Kier alpha value is -2.18. The molecular formula is C14H13F4N3. The summed E-state index contributed by atoms with van der Waals surface area (Å²) in [6.45, 7) is 4.03. The molecule has 0 spiro atoms. The molecule has 0 bridgehead atoms. The molecule has 112 valence electrons. The number of aryl methyl sites for hydroxylation is 1. The Morgan fingerprint density at radius 3 is 2.48 bits per heavy atom. The van der Waals surface area contributed by atoms with Crippen LogP contribution in [-0.4, -0.2) is 16.5 Å². The van der Waals surface area contributed by atoms with E-state index in [2.05, 4.69) is 15.3 Å². The molecule has 1 heterocycles. The molecule has 2 aromatic rings. The molecule has 0 aliphatic rings. The van der Waals surface area contributed by atoms with E-state index >= 15 is 0 Å². The molecule has 0 unspecified atom stereocenters. The maximum atomic E-state index is 13.3. The molecule has 1 aromatic heterocycles. The number of hydrogen-bond donors (Lipinski definition) is 1. The minimum absolute atomic E-state index is 0.155. The fourth-order valence-electron chi connectivity index (χ4n) is 1.91. The molecule has 7 heteroatoms. The van der Waals surface area contributed by atoms with Gasteiger partial charge < -0.3 is 5.32 Å². The highest BCUT2D eigenvalue weighted by Crippen LogP contribution is 2.36. The Balaban J connectivity index is 2.63. The lowest BCUT2D eigenvalue weighted by molar-refractivity contribution is -0.137. The summed E-state index contributed by atoms with van der Waals surface area (Å²) in [5.74, 6) is -0.525. The molecule has 1 N–H and O–H groups in total. The third-order valence-corrected chi connectivity index (χ3v) is 2.74. The Morgan fingerprint density at radius 1 is 1.14 bits per heavy atom. The summed E-state index contributed by atoms with van der Waals surface area (Å²) < 4.78 is 52.4. The monoisotopic (exact) mass is 299 g/mol. The second-order valence-corrected chi connectivity index (χ2v) is 4.44. The fourth-order valence-corrected chi connectivity index (χ4v) is 1.91. The summed E-state index contributed by atoms with van der Waals surface area (Å²) in [4.78, 5) is 8.00. The van der Waals surface area contributed by atoms with Crippen LogP contribution in [0.25, 0.3) is 11.4 Å². The number of halogens is 4. The second kappa shape index (κ2) is 5.67. The number of anilines is 1. The highest BCUT2D eigenvalue weighted by molar-refractivity contribution is 5.63. The van der Waals surface area contributed by atoms with Gasteiger partial charge in [-0.25, -0.2) is 14.4 Å². The predicted molar refractivity (Wildman–Crippen MR) is 71.3 cm³/mol. The molecule has 0 fully saturated rings. The van der Waals surface area contributed by atoms with Gasteiger partial charge in [-0.05, 0) is 32.0 Å². The summed E-state index contributed by atoms with van der Waals surface area (Å²) in [6, 6.07) is 3.88. The minimum atomic E-state index is -4.60. The first kappa shape index (κ1) is 15.2. The van der Waals surface area contributed by atoms with Crippen LogP contribution in [0.1, 0.15) is 18.2 Å². The number of nitrogens with zero attached hydrogens (tertiary/aromatic N) is 2. The van der Waals surface area contributed by atoms with Crippen molar-refractivity contribution in [2.24, 2.45) is 0 Å². The molecule has 21 heavy (non-hydrogen) atoms. The molecule has 0 saturated carbocycles. The van der Waals surface area contributed by atoms with Crippen molar-refractivity contribution >= 4 is 5.82 Å². The van der Waals surface area contributed by atoms with E-state index in [1.165, 1.54) is 0 Å². The quantitative estimate of drug-likeness (QED) is 0.869. The van der Waals surface area contributed by atoms with Crippen LogP contribution in [0.4, 0.5) is 23.4 Å². The fraction of sp³-hybridized carbons (Fsp3) is 0.286. The van der Waals surface area contributed by atoms with Crippen molar-refractivity contribution in [3.05, 3.63) is 41.3 Å². The molecule has 2 rings (SSSR count). The Kier molecular flexibility index (Phi) is 4.11. The summed E-state index contributed by atoms with van der Waals surface area (Å²) in [5.41, 5.74) is -0.837. The molecule has 0 aliphatic heterocycles. The van der Waals surface area contributed by atoms with Crippen molar-refractivity contribution in [2.75, 3.05) is 11.9 Å². The van der Waals surface area contributed by atoms with Gasteiger partial charge in [-0.1, -0.05) is 0 Å². The first-order valence-corrected chi connectivity index (χ1v) is 6.28. The molecule has 0 aliphatic carbocycles. The van der Waals surface area contributed by atoms with Crippen LogP contribution in [0, 0.1) is 12.7 Å². The van der Waals surface area contributed by atoms with Crippen LogP contribution in [0.15, 0.2) is 24.3 Å². The average Bonchev–Trinajstić information content (AvgIpc) is 2.36. The summed E-state index contributed by atoms with van der Waals surface area (Å²) in [7, 11) is 0. The van der Waals surface area contributed by atoms with Gasteiger partial charge in [0, 0.05) is 23.9 Å². The molecule has 0 atom stereocenters. The lowest BCUT2D eigenvalue weighted by Gasteiger charge is -2.13. The highest BCUT2D eigenvalue weighted by Gasteiger charge is 2.34. The average molecular weight is 299 g/mol. The molecule has 0 saturated heterocycles. The van der Waals surface area contributed by atoms with Gasteiger partial charge in [0.25, 0.3) is 0 Å². The smallest absolute Gasteiger partial charge is 0.370 e. The number of hydrogen-bond acceptors (Lipinski definition) is 3. The van der Waals surface area contributed by atoms with Gasteiger partial charge in [0.1, 0.15) is 11.6 Å². The zero-order valence-corrected chi connectivity index (χ0v) is 11.4. The van der Waals surface area contributed by atoms with Crippen LogP contribution in [-0.2, 0) is 6.18 Å². The number of alkyl halides is 3. The number of rotatable bonds is 3. The standard InChI is InChI=1S/C14H13F4N3/c1-3-19-12-6-8(2)20-13(21-12)10-7-9(15)4-5-11(10)14(16,17)18/h4-7H,3H2,1-2H3,(H,19,20,21). The van der Waals surface area contributed by atoms with E-state index in [0.717, 1.165) is 12.1 Å². The molecule has 0 radical (unpaired) electrons. The normalized spacial score (nSPS) is 11.5. The van der Waals surface area contributed by atoms with Gasteiger partial charge in [-0.3, -0.25) is 0 Å². The van der Waals surface area contributed by atoms with Crippen LogP contribution < -0.4 is 5.32 Å². The Labute approximate surface area is 119 Å².